The van der Waals surface area contributed by atoms with Gasteiger partial charge in [0.2, 0.25) is 5.91 Å². The molecule has 12 heteroatoms. The third-order valence-electron chi connectivity index (χ3n) is 8.02. The van der Waals surface area contributed by atoms with Gasteiger partial charge in [-0.15, -0.1) is 0 Å². The number of methoxy groups -OCH3 is 2. The number of esters is 1. The van der Waals surface area contributed by atoms with Gasteiger partial charge < -0.3 is 33.7 Å². The Kier molecular flexibility index (Phi) is 11.9. The van der Waals surface area contributed by atoms with Gasteiger partial charge in [0.15, 0.2) is 5.72 Å². The predicted molar refractivity (Wildman–Crippen MR) is 166 cm³/mol. The van der Waals surface area contributed by atoms with Crippen LogP contribution >= 0.6 is 11.6 Å². The number of nitrogens with one attached hydrogen (secondary N) is 1. The lowest BCUT2D eigenvalue weighted by molar-refractivity contribution is -0.157. The number of nitrogens with zero attached hydrogens (tertiary/aromatic N) is 1. The molecule has 5 atom stereocenters. The van der Waals surface area contributed by atoms with Crippen LogP contribution in [0.15, 0.2) is 35.9 Å². The SMILES string of the molecule is CCC1OC1(C)C(CC(=O)N(C)c1cc(CC(C)=CC=CC(OC)C2(O)CCOC(=O)N2)cc(OC)c1Cl)OC(=O)C(C)C. The van der Waals surface area contributed by atoms with Crippen molar-refractivity contribution in [2.45, 2.75) is 89.9 Å². The van der Waals surface area contributed by atoms with Crippen LogP contribution in [0.5, 0.6) is 5.75 Å². The minimum atomic E-state index is -1.58. The van der Waals surface area contributed by atoms with E-state index in [0.29, 0.717) is 17.9 Å². The number of epoxide rings is 1. The fraction of sp³-hybridized carbons (Fsp3) is 0.594. The Morgan fingerprint density at radius 3 is 2.57 bits per heavy atom. The topological polar surface area (TPSA) is 136 Å². The molecule has 0 saturated carbocycles. The zero-order valence-electron chi connectivity index (χ0n) is 26.8. The number of anilines is 1. The number of allylic oxidation sites excluding steroid dienone is 3. The minimum absolute atomic E-state index is 0.0752. The van der Waals surface area contributed by atoms with Gasteiger partial charge in [-0.3, -0.25) is 14.9 Å². The van der Waals surface area contributed by atoms with Crippen molar-refractivity contribution in [1.29, 1.82) is 0 Å². The van der Waals surface area contributed by atoms with E-state index in [4.69, 9.17) is 35.3 Å². The van der Waals surface area contributed by atoms with E-state index in [1.54, 1.807) is 33.0 Å². The Morgan fingerprint density at radius 1 is 1.30 bits per heavy atom. The van der Waals surface area contributed by atoms with Gasteiger partial charge in [-0.1, -0.05) is 56.2 Å². The third kappa shape index (κ3) is 8.32. The summed E-state index contributed by atoms with van der Waals surface area (Å²) in [5, 5.41) is 13.5. The quantitative estimate of drug-likeness (QED) is 0.169. The van der Waals surface area contributed by atoms with Crippen LogP contribution < -0.4 is 15.0 Å². The number of aliphatic hydroxyl groups is 1. The van der Waals surface area contributed by atoms with Crippen LogP contribution in [-0.4, -0.2) is 80.6 Å². The molecule has 1 aromatic carbocycles. The van der Waals surface area contributed by atoms with E-state index in [-0.39, 0.29) is 42.4 Å². The number of carbonyl (C=O) groups excluding carboxylic acids is 3. The highest BCUT2D eigenvalue weighted by Gasteiger charge is 2.59. The smallest absolute Gasteiger partial charge is 0.409 e. The molecular weight excluding hydrogens is 592 g/mol. The second kappa shape index (κ2) is 14.8. The maximum atomic E-state index is 13.6. The van der Waals surface area contributed by atoms with Gasteiger partial charge in [0.1, 0.15) is 28.6 Å². The van der Waals surface area contributed by atoms with Gasteiger partial charge >= 0.3 is 12.1 Å². The van der Waals surface area contributed by atoms with Crippen molar-refractivity contribution in [3.8, 4) is 5.75 Å². The number of rotatable bonds is 14. The summed E-state index contributed by atoms with van der Waals surface area (Å²) in [5.74, 6) is -0.621. The van der Waals surface area contributed by atoms with Crippen molar-refractivity contribution < 1.29 is 43.2 Å². The summed E-state index contributed by atoms with van der Waals surface area (Å²) in [7, 11) is 4.57. The van der Waals surface area contributed by atoms with Gasteiger partial charge in [-0.2, -0.15) is 0 Å². The van der Waals surface area contributed by atoms with Crippen molar-refractivity contribution in [3.63, 3.8) is 0 Å². The number of halogens is 1. The second-order valence-electron chi connectivity index (χ2n) is 11.7. The largest absolute Gasteiger partial charge is 0.495 e. The van der Waals surface area contributed by atoms with E-state index in [2.05, 4.69) is 5.32 Å². The van der Waals surface area contributed by atoms with Crippen LogP contribution in [0.1, 0.15) is 59.4 Å². The lowest BCUT2D eigenvalue weighted by Gasteiger charge is -2.36. The monoisotopic (exact) mass is 636 g/mol. The summed E-state index contributed by atoms with van der Waals surface area (Å²) in [5.41, 5.74) is -0.0666. The standard InChI is InChI=1S/C32H45ClN2O9/c1-9-24-31(5,44-24)26(43-29(37)19(2)3)18-27(36)35(6)22-16-21(17-23(40-7)28(22)33)15-20(4)11-10-12-25(41-8)32(39)13-14-42-30(38)34-32/h10-12,16-17,19,24-26,39H,9,13-15,18H2,1-8H3,(H,34,38). The van der Waals surface area contributed by atoms with Crippen LogP contribution in [-0.2, 0) is 35.0 Å². The highest BCUT2D eigenvalue weighted by atomic mass is 35.5. The van der Waals surface area contributed by atoms with Crippen LogP contribution in [0, 0.1) is 5.92 Å². The molecule has 0 bridgehead atoms. The highest BCUT2D eigenvalue weighted by Crippen LogP contribution is 2.44. The van der Waals surface area contributed by atoms with E-state index in [0.717, 1.165) is 17.6 Å². The first-order valence-corrected chi connectivity index (χ1v) is 15.1. The Balaban J connectivity index is 1.78. The van der Waals surface area contributed by atoms with E-state index in [9.17, 15) is 19.5 Å². The normalized spacial score (nSPS) is 24.8. The van der Waals surface area contributed by atoms with E-state index >= 15 is 0 Å². The van der Waals surface area contributed by atoms with Gasteiger partial charge in [0.05, 0.1) is 37.8 Å². The Labute approximate surface area is 264 Å². The van der Waals surface area contributed by atoms with E-state index in [1.165, 1.54) is 19.1 Å². The van der Waals surface area contributed by atoms with Gasteiger partial charge in [0.25, 0.3) is 0 Å². The molecule has 2 fully saturated rings. The molecule has 44 heavy (non-hydrogen) atoms. The molecule has 11 nitrogen and oxygen atoms in total. The maximum Gasteiger partial charge on any atom is 0.409 e. The van der Waals surface area contributed by atoms with Crippen molar-refractivity contribution in [2.24, 2.45) is 5.92 Å². The molecule has 2 heterocycles. The summed E-state index contributed by atoms with van der Waals surface area (Å²) >= 11 is 6.67. The first-order valence-electron chi connectivity index (χ1n) is 14.7. The number of carbonyl (C=O) groups is 3. The van der Waals surface area contributed by atoms with Crippen molar-refractivity contribution in [1.82, 2.24) is 5.32 Å². The molecule has 0 radical (unpaired) electrons. The number of hydrogen-bond acceptors (Lipinski definition) is 9. The molecule has 0 spiro atoms. The first kappa shape index (κ1) is 35.4. The minimum Gasteiger partial charge on any atom is -0.495 e. The molecule has 2 aliphatic rings. The average Bonchev–Trinajstić information content (AvgIpc) is 3.66. The highest BCUT2D eigenvalue weighted by molar-refractivity contribution is 6.35. The van der Waals surface area contributed by atoms with Crippen LogP contribution in [0.25, 0.3) is 0 Å². The van der Waals surface area contributed by atoms with Crippen molar-refractivity contribution in [2.75, 3.05) is 32.8 Å². The van der Waals surface area contributed by atoms with Gasteiger partial charge in [-0.05, 0) is 44.4 Å². The van der Waals surface area contributed by atoms with Crippen LogP contribution in [0.4, 0.5) is 10.5 Å². The molecule has 0 aliphatic carbocycles. The van der Waals surface area contributed by atoms with E-state index < -0.39 is 35.6 Å². The molecule has 2 amide bonds. The molecule has 2 N–H and O–H groups in total. The van der Waals surface area contributed by atoms with E-state index in [1.807, 2.05) is 39.0 Å². The molecule has 0 aromatic heterocycles. The predicted octanol–water partition coefficient (Wildman–Crippen LogP) is 4.72. The lowest BCUT2D eigenvalue weighted by Crippen LogP contribution is -2.60. The van der Waals surface area contributed by atoms with Crippen LogP contribution in [0.3, 0.4) is 0 Å². The summed E-state index contributed by atoms with van der Waals surface area (Å²) in [6.45, 7) is 9.35. The molecule has 3 rings (SSSR count). The van der Waals surface area contributed by atoms with Crippen molar-refractivity contribution in [3.05, 3.63) is 46.5 Å². The Morgan fingerprint density at radius 2 is 2.00 bits per heavy atom. The summed E-state index contributed by atoms with van der Waals surface area (Å²) in [6, 6.07) is 3.63. The third-order valence-corrected chi connectivity index (χ3v) is 8.40. The van der Waals surface area contributed by atoms with Gasteiger partial charge in [-0.25, -0.2) is 4.79 Å². The fourth-order valence-electron chi connectivity index (χ4n) is 5.17. The van der Waals surface area contributed by atoms with Crippen LogP contribution in [0.2, 0.25) is 5.02 Å². The lowest BCUT2D eigenvalue weighted by atomic mass is 9.95. The molecule has 5 unspecified atom stereocenters. The molecular formula is C32H45ClN2O9. The number of cyclic esters (lactones) is 1. The number of alkyl carbamates (subject to hydrolysis) is 1. The summed E-state index contributed by atoms with van der Waals surface area (Å²) in [6.07, 6.45) is 4.26. The average molecular weight is 637 g/mol. The zero-order valence-corrected chi connectivity index (χ0v) is 27.5. The number of hydrogen-bond donors (Lipinski definition) is 2. The zero-order chi connectivity index (χ0) is 32.8. The molecule has 2 aliphatic heterocycles. The number of benzene rings is 1. The number of amides is 2. The Hall–Kier alpha value is -3.12. The molecule has 1 aromatic rings. The van der Waals surface area contributed by atoms with Gasteiger partial charge in [0, 0.05) is 20.6 Å². The summed E-state index contributed by atoms with van der Waals surface area (Å²) in [4.78, 5) is 39.1. The fourth-order valence-corrected chi connectivity index (χ4v) is 5.48. The molecule has 244 valence electrons. The Bertz CT molecular complexity index is 1280. The second-order valence-corrected chi connectivity index (χ2v) is 12.1. The maximum absolute atomic E-state index is 13.6. The summed E-state index contributed by atoms with van der Waals surface area (Å²) < 4.78 is 27.4. The number of ether oxygens (including phenoxy) is 5. The first-order chi connectivity index (χ1) is 20.7. The molecule has 2 saturated heterocycles. The van der Waals surface area contributed by atoms with Crippen molar-refractivity contribution >= 4 is 35.3 Å².